The Morgan fingerprint density at radius 3 is 2.50 bits per heavy atom. The lowest BCUT2D eigenvalue weighted by Gasteiger charge is -2.19. The maximum Gasteiger partial charge on any atom is 0.123 e. The van der Waals surface area contributed by atoms with Gasteiger partial charge in [-0.2, -0.15) is 0 Å². The van der Waals surface area contributed by atoms with Gasteiger partial charge in [0, 0.05) is 25.3 Å². The van der Waals surface area contributed by atoms with Crippen LogP contribution in [-0.2, 0) is 4.74 Å². The number of benzene rings is 1. The summed E-state index contributed by atoms with van der Waals surface area (Å²) in [6, 6.07) is 8.32. The number of hydrogen-bond donors (Lipinski definition) is 1. The molecule has 0 spiro atoms. The molecule has 0 fully saturated rings. The first-order chi connectivity index (χ1) is 7.69. The van der Waals surface area contributed by atoms with E-state index < -0.39 is 0 Å². The minimum absolute atomic E-state index is 0.220. The molecule has 0 aliphatic carbocycles. The molecule has 3 heteroatoms. The Bertz CT molecular complexity index is 315. The standard InChI is InChI=1S/C13H21NO2/c1-10(15-3)9-14-11(2)12-7-5-6-8-13(12)16-4/h5-8,10-11,14H,9H2,1-4H3. The number of nitrogens with one attached hydrogen (secondary N) is 1. The van der Waals surface area contributed by atoms with Gasteiger partial charge in [0.2, 0.25) is 0 Å². The van der Waals surface area contributed by atoms with Gasteiger partial charge in [-0.3, -0.25) is 0 Å². The van der Waals surface area contributed by atoms with Crippen LogP contribution in [0, 0.1) is 0 Å². The van der Waals surface area contributed by atoms with Crippen LogP contribution in [0.5, 0.6) is 5.75 Å². The first-order valence-corrected chi connectivity index (χ1v) is 5.58. The summed E-state index contributed by atoms with van der Waals surface area (Å²) in [6.45, 7) is 5.00. The van der Waals surface area contributed by atoms with Crippen LogP contribution < -0.4 is 10.1 Å². The Balaban J connectivity index is 2.61. The summed E-state index contributed by atoms with van der Waals surface area (Å²) in [5.41, 5.74) is 1.17. The van der Waals surface area contributed by atoms with Gasteiger partial charge in [-0.1, -0.05) is 18.2 Å². The van der Waals surface area contributed by atoms with Crippen LogP contribution in [0.1, 0.15) is 25.5 Å². The molecule has 0 aliphatic heterocycles. The molecule has 1 aromatic rings. The van der Waals surface area contributed by atoms with Gasteiger partial charge in [0.1, 0.15) is 5.75 Å². The highest BCUT2D eigenvalue weighted by molar-refractivity contribution is 5.35. The van der Waals surface area contributed by atoms with E-state index in [1.54, 1.807) is 14.2 Å². The van der Waals surface area contributed by atoms with E-state index in [1.165, 1.54) is 5.56 Å². The fourth-order valence-electron chi connectivity index (χ4n) is 1.56. The molecular formula is C13H21NO2. The molecule has 0 aliphatic rings. The lowest BCUT2D eigenvalue weighted by molar-refractivity contribution is 0.115. The average Bonchev–Trinajstić information content (AvgIpc) is 2.35. The third-order valence-corrected chi connectivity index (χ3v) is 2.72. The maximum absolute atomic E-state index is 5.33. The van der Waals surface area contributed by atoms with Gasteiger partial charge in [-0.05, 0) is 19.9 Å². The number of ether oxygens (including phenoxy) is 2. The second-order valence-electron chi connectivity index (χ2n) is 3.92. The first kappa shape index (κ1) is 13.0. The predicted molar refractivity (Wildman–Crippen MR) is 65.9 cm³/mol. The van der Waals surface area contributed by atoms with Gasteiger partial charge in [0.05, 0.1) is 13.2 Å². The molecule has 1 N–H and O–H groups in total. The van der Waals surface area contributed by atoms with E-state index >= 15 is 0 Å². The van der Waals surface area contributed by atoms with Gasteiger partial charge in [-0.25, -0.2) is 0 Å². The quantitative estimate of drug-likeness (QED) is 0.803. The topological polar surface area (TPSA) is 30.5 Å². The summed E-state index contributed by atoms with van der Waals surface area (Å²) in [4.78, 5) is 0. The van der Waals surface area contributed by atoms with Crippen molar-refractivity contribution in [3.8, 4) is 5.75 Å². The van der Waals surface area contributed by atoms with E-state index in [1.807, 2.05) is 25.1 Å². The fourth-order valence-corrected chi connectivity index (χ4v) is 1.56. The molecule has 2 unspecified atom stereocenters. The summed E-state index contributed by atoms with van der Waals surface area (Å²) < 4.78 is 10.5. The van der Waals surface area contributed by atoms with E-state index in [9.17, 15) is 0 Å². The van der Waals surface area contributed by atoms with Crippen molar-refractivity contribution in [3.63, 3.8) is 0 Å². The van der Waals surface area contributed by atoms with E-state index in [-0.39, 0.29) is 12.1 Å². The minimum atomic E-state index is 0.220. The lowest BCUT2D eigenvalue weighted by Crippen LogP contribution is -2.28. The maximum atomic E-state index is 5.33. The van der Waals surface area contributed by atoms with Crippen molar-refractivity contribution in [1.29, 1.82) is 0 Å². The summed E-state index contributed by atoms with van der Waals surface area (Å²) in [7, 11) is 3.42. The lowest BCUT2D eigenvalue weighted by atomic mass is 10.1. The summed E-state index contributed by atoms with van der Waals surface area (Å²) in [5.74, 6) is 0.924. The predicted octanol–water partition coefficient (Wildman–Crippen LogP) is 2.38. The monoisotopic (exact) mass is 223 g/mol. The molecular weight excluding hydrogens is 202 g/mol. The van der Waals surface area contributed by atoms with E-state index in [4.69, 9.17) is 9.47 Å². The zero-order valence-corrected chi connectivity index (χ0v) is 10.5. The molecule has 0 aromatic heterocycles. The molecule has 0 amide bonds. The Morgan fingerprint density at radius 2 is 1.88 bits per heavy atom. The second kappa shape index (κ2) is 6.51. The van der Waals surface area contributed by atoms with Crippen LogP contribution in [0.2, 0.25) is 0 Å². The Morgan fingerprint density at radius 1 is 1.19 bits per heavy atom. The van der Waals surface area contributed by atoms with E-state index in [2.05, 4.69) is 18.3 Å². The van der Waals surface area contributed by atoms with E-state index in [0.717, 1.165) is 12.3 Å². The van der Waals surface area contributed by atoms with Gasteiger partial charge < -0.3 is 14.8 Å². The van der Waals surface area contributed by atoms with Crippen LogP contribution in [0.25, 0.3) is 0 Å². The zero-order valence-electron chi connectivity index (χ0n) is 10.5. The minimum Gasteiger partial charge on any atom is -0.496 e. The van der Waals surface area contributed by atoms with Crippen molar-refractivity contribution < 1.29 is 9.47 Å². The normalized spacial score (nSPS) is 14.5. The molecule has 0 saturated carbocycles. The number of rotatable bonds is 6. The van der Waals surface area contributed by atoms with Crippen LogP contribution in [0.3, 0.4) is 0 Å². The van der Waals surface area contributed by atoms with Gasteiger partial charge in [-0.15, -0.1) is 0 Å². The van der Waals surface area contributed by atoms with Crippen molar-refractivity contribution in [2.45, 2.75) is 26.0 Å². The molecule has 90 valence electrons. The van der Waals surface area contributed by atoms with E-state index in [0.29, 0.717) is 0 Å². The fraction of sp³-hybridized carbons (Fsp3) is 0.538. The number of para-hydroxylation sites is 1. The van der Waals surface area contributed by atoms with Crippen LogP contribution in [0.15, 0.2) is 24.3 Å². The third kappa shape index (κ3) is 3.51. The van der Waals surface area contributed by atoms with Crippen LogP contribution in [0.4, 0.5) is 0 Å². The van der Waals surface area contributed by atoms with Gasteiger partial charge in [0.25, 0.3) is 0 Å². The first-order valence-electron chi connectivity index (χ1n) is 5.58. The highest BCUT2D eigenvalue weighted by Crippen LogP contribution is 2.24. The van der Waals surface area contributed by atoms with Crippen LogP contribution in [-0.4, -0.2) is 26.9 Å². The largest absolute Gasteiger partial charge is 0.496 e. The Labute approximate surface area is 97.8 Å². The number of hydrogen-bond acceptors (Lipinski definition) is 3. The van der Waals surface area contributed by atoms with Crippen molar-refractivity contribution in [3.05, 3.63) is 29.8 Å². The van der Waals surface area contributed by atoms with Crippen molar-refractivity contribution in [2.24, 2.45) is 0 Å². The molecule has 0 heterocycles. The smallest absolute Gasteiger partial charge is 0.123 e. The molecule has 0 radical (unpaired) electrons. The van der Waals surface area contributed by atoms with Crippen molar-refractivity contribution in [2.75, 3.05) is 20.8 Å². The molecule has 16 heavy (non-hydrogen) atoms. The van der Waals surface area contributed by atoms with Gasteiger partial charge in [0.15, 0.2) is 0 Å². The molecule has 3 nitrogen and oxygen atoms in total. The van der Waals surface area contributed by atoms with Gasteiger partial charge >= 0.3 is 0 Å². The highest BCUT2D eigenvalue weighted by atomic mass is 16.5. The molecule has 1 aromatic carbocycles. The molecule has 0 saturated heterocycles. The zero-order chi connectivity index (χ0) is 12.0. The summed E-state index contributed by atoms with van der Waals surface area (Å²) in [5, 5.41) is 3.42. The summed E-state index contributed by atoms with van der Waals surface area (Å²) in [6.07, 6.45) is 0.220. The van der Waals surface area contributed by atoms with Crippen molar-refractivity contribution in [1.82, 2.24) is 5.32 Å². The average molecular weight is 223 g/mol. The Hall–Kier alpha value is -1.06. The highest BCUT2D eigenvalue weighted by Gasteiger charge is 2.10. The summed E-state index contributed by atoms with van der Waals surface area (Å²) >= 11 is 0. The van der Waals surface area contributed by atoms with Crippen molar-refractivity contribution >= 4 is 0 Å². The molecule has 1 rings (SSSR count). The molecule has 0 bridgehead atoms. The Kier molecular flexibility index (Phi) is 5.29. The SMILES string of the molecule is COc1ccccc1C(C)NCC(C)OC. The third-order valence-electron chi connectivity index (χ3n) is 2.72. The second-order valence-corrected chi connectivity index (χ2v) is 3.92. The number of methoxy groups -OCH3 is 2. The van der Waals surface area contributed by atoms with Crippen LogP contribution >= 0.6 is 0 Å². The molecule has 2 atom stereocenters.